The summed E-state index contributed by atoms with van der Waals surface area (Å²) in [6.45, 7) is 3.09. The summed E-state index contributed by atoms with van der Waals surface area (Å²) in [6.07, 6.45) is 1.70. The van der Waals surface area contributed by atoms with Crippen molar-refractivity contribution in [2.24, 2.45) is 0 Å². The van der Waals surface area contributed by atoms with Gasteiger partial charge >= 0.3 is 0 Å². The van der Waals surface area contributed by atoms with Crippen LogP contribution in [0.25, 0.3) is 0 Å². The van der Waals surface area contributed by atoms with Crippen molar-refractivity contribution < 1.29 is 10.2 Å². The van der Waals surface area contributed by atoms with E-state index in [4.69, 9.17) is 0 Å². The molecule has 0 atom stereocenters. The molecule has 0 bridgehead atoms. The van der Waals surface area contributed by atoms with Gasteiger partial charge in [0.2, 0.25) is 0 Å². The smallest absolute Gasteiger partial charge is 0.122 e. The summed E-state index contributed by atoms with van der Waals surface area (Å²) in [7, 11) is 0. The summed E-state index contributed by atoms with van der Waals surface area (Å²) >= 11 is 1.90. The molecule has 1 heterocycles. The molecular weight excluding hydrogens is 246 g/mol. The average Bonchev–Trinajstić information content (AvgIpc) is 2.35. The second kappa shape index (κ2) is 5.95. The fourth-order valence-corrected chi connectivity index (χ4v) is 3.47. The standard InChI is InChI=1S/C14H21NO2S/c1-11-3-2-4-12(13(11)16)9-15-10-14(17)5-7-18-8-6-14/h2-4,15-17H,5-10H2,1H3. The van der Waals surface area contributed by atoms with Crippen LogP contribution in [0.1, 0.15) is 24.0 Å². The van der Waals surface area contributed by atoms with Crippen LogP contribution in [0.3, 0.4) is 0 Å². The molecule has 100 valence electrons. The molecule has 2 rings (SSSR count). The Morgan fingerprint density at radius 1 is 1.33 bits per heavy atom. The van der Waals surface area contributed by atoms with Gasteiger partial charge in [0.25, 0.3) is 0 Å². The molecule has 1 saturated heterocycles. The van der Waals surface area contributed by atoms with Crippen molar-refractivity contribution in [1.29, 1.82) is 0 Å². The Bertz CT molecular complexity index is 403. The van der Waals surface area contributed by atoms with Crippen molar-refractivity contribution in [2.75, 3.05) is 18.1 Å². The third-order valence-electron chi connectivity index (χ3n) is 3.51. The molecule has 4 heteroatoms. The van der Waals surface area contributed by atoms with Crippen LogP contribution in [0.2, 0.25) is 0 Å². The first-order valence-electron chi connectivity index (χ1n) is 6.39. The molecule has 3 nitrogen and oxygen atoms in total. The van der Waals surface area contributed by atoms with Gasteiger partial charge < -0.3 is 15.5 Å². The largest absolute Gasteiger partial charge is 0.507 e. The average molecular weight is 267 g/mol. The Kier molecular flexibility index (Phi) is 4.54. The molecule has 1 aromatic carbocycles. The lowest BCUT2D eigenvalue weighted by atomic mass is 9.97. The highest BCUT2D eigenvalue weighted by Gasteiger charge is 2.28. The number of phenols is 1. The number of hydrogen-bond donors (Lipinski definition) is 3. The first kappa shape index (κ1) is 13.7. The maximum atomic E-state index is 10.3. The molecule has 3 N–H and O–H groups in total. The van der Waals surface area contributed by atoms with E-state index in [2.05, 4.69) is 5.32 Å². The lowest BCUT2D eigenvalue weighted by Crippen LogP contribution is -2.43. The van der Waals surface area contributed by atoms with Gasteiger partial charge in [0.1, 0.15) is 5.75 Å². The zero-order valence-electron chi connectivity index (χ0n) is 10.8. The highest BCUT2D eigenvalue weighted by molar-refractivity contribution is 7.99. The third-order valence-corrected chi connectivity index (χ3v) is 4.50. The van der Waals surface area contributed by atoms with Crippen molar-refractivity contribution in [1.82, 2.24) is 5.32 Å². The third kappa shape index (κ3) is 3.40. The van der Waals surface area contributed by atoms with E-state index in [0.717, 1.165) is 35.5 Å². The predicted molar refractivity (Wildman–Crippen MR) is 76.1 cm³/mol. The van der Waals surface area contributed by atoms with Crippen LogP contribution in [0.4, 0.5) is 0 Å². The van der Waals surface area contributed by atoms with Gasteiger partial charge in [0.05, 0.1) is 5.60 Å². The maximum Gasteiger partial charge on any atom is 0.122 e. The van der Waals surface area contributed by atoms with Crippen molar-refractivity contribution in [3.05, 3.63) is 29.3 Å². The minimum absolute atomic E-state index is 0.358. The first-order chi connectivity index (χ1) is 8.61. The molecule has 0 spiro atoms. The number of nitrogens with one attached hydrogen (secondary N) is 1. The Hall–Kier alpha value is -0.710. The second-order valence-corrected chi connectivity index (χ2v) is 6.25. The second-order valence-electron chi connectivity index (χ2n) is 5.02. The Balaban J connectivity index is 1.86. The predicted octanol–water partition coefficient (Wildman–Crippen LogP) is 2.05. The van der Waals surface area contributed by atoms with Gasteiger partial charge in [-0.1, -0.05) is 18.2 Å². The number of thioether (sulfide) groups is 1. The van der Waals surface area contributed by atoms with Crippen molar-refractivity contribution in [3.63, 3.8) is 0 Å². The van der Waals surface area contributed by atoms with Gasteiger partial charge in [0, 0.05) is 18.7 Å². The normalized spacial score (nSPS) is 18.8. The zero-order valence-corrected chi connectivity index (χ0v) is 11.6. The lowest BCUT2D eigenvalue weighted by molar-refractivity contribution is 0.0319. The van der Waals surface area contributed by atoms with Gasteiger partial charge in [0.15, 0.2) is 0 Å². The van der Waals surface area contributed by atoms with E-state index >= 15 is 0 Å². The van der Waals surface area contributed by atoms with Gasteiger partial charge in [-0.15, -0.1) is 0 Å². The molecule has 0 aliphatic carbocycles. The number of hydrogen-bond acceptors (Lipinski definition) is 4. The van der Waals surface area contributed by atoms with E-state index in [1.807, 2.05) is 36.9 Å². The van der Waals surface area contributed by atoms with E-state index in [1.54, 1.807) is 0 Å². The molecule has 18 heavy (non-hydrogen) atoms. The van der Waals surface area contributed by atoms with Crippen LogP contribution in [-0.4, -0.2) is 33.9 Å². The number of rotatable bonds is 4. The molecule has 0 amide bonds. The molecule has 1 aliphatic heterocycles. The van der Waals surface area contributed by atoms with Crippen molar-refractivity contribution >= 4 is 11.8 Å². The highest BCUT2D eigenvalue weighted by atomic mass is 32.2. The maximum absolute atomic E-state index is 10.3. The van der Waals surface area contributed by atoms with Gasteiger partial charge in [-0.25, -0.2) is 0 Å². The number of aromatic hydroxyl groups is 1. The SMILES string of the molecule is Cc1cccc(CNCC2(O)CCSCC2)c1O. The minimum Gasteiger partial charge on any atom is -0.507 e. The van der Waals surface area contributed by atoms with Gasteiger partial charge in [-0.2, -0.15) is 11.8 Å². The fraction of sp³-hybridized carbons (Fsp3) is 0.571. The summed E-state index contributed by atoms with van der Waals surface area (Å²) in [5.41, 5.74) is 1.22. The van der Waals surface area contributed by atoms with Crippen LogP contribution >= 0.6 is 11.8 Å². The van der Waals surface area contributed by atoms with E-state index in [0.29, 0.717) is 18.8 Å². The van der Waals surface area contributed by atoms with E-state index in [-0.39, 0.29) is 0 Å². The van der Waals surface area contributed by atoms with Crippen molar-refractivity contribution in [3.8, 4) is 5.75 Å². The summed E-state index contributed by atoms with van der Waals surface area (Å²) in [5.74, 6) is 2.43. The molecule has 0 aromatic heterocycles. The molecule has 1 fully saturated rings. The van der Waals surface area contributed by atoms with Gasteiger partial charge in [-0.05, 0) is 36.8 Å². The van der Waals surface area contributed by atoms with E-state index in [9.17, 15) is 10.2 Å². The fourth-order valence-electron chi connectivity index (χ4n) is 2.22. The van der Waals surface area contributed by atoms with E-state index < -0.39 is 5.60 Å². The Morgan fingerprint density at radius 2 is 2.06 bits per heavy atom. The van der Waals surface area contributed by atoms with Crippen LogP contribution in [0.15, 0.2) is 18.2 Å². The highest BCUT2D eigenvalue weighted by Crippen LogP contribution is 2.26. The number of para-hydroxylation sites is 1. The monoisotopic (exact) mass is 267 g/mol. The Labute approximate surface area is 113 Å². The minimum atomic E-state index is -0.565. The van der Waals surface area contributed by atoms with E-state index in [1.165, 1.54) is 0 Å². The first-order valence-corrected chi connectivity index (χ1v) is 7.54. The molecular formula is C14H21NO2S. The number of aliphatic hydroxyl groups is 1. The quantitative estimate of drug-likeness (QED) is 0.781. The number of aryl methyl sites for hydroxylation is 1. The summed E-state index contributed by atoms with van der Waals surface area (Å²) in [5, 5.41) is 23.5. The van der Waals surface area contributed by atoms with Gasteiger partial charge in [-0.3, -0.25) is 0 Å². The van der Waals surface area contributed by atoms with Crippen LogP contribution < -0.4 is 5.32 Å². The molecule has 1 aromatic rings. The topological polar surface area (TPSA) is 52.5 Å². The van der Waals surface area contributed by atoms with Crippen LogP contribution in [0, 0.1) is 6.92 Å². The Morgan fingerprint density at radius 3 is 2.78 bits per heavy atom. The summed E-state index contributed by atoms with van der Waals surface area (Å²) in [4.78, 5) is 0. The van der Waals surface area contributed by atoms with Crippen LogP contribution in [0.5, 0.6) is 5.75 Å². The molecule has 0 unspecified atom stereocenters. The number of benzene rings is 1. The molecule has 0 radical (unpaired) electrons. The van der Waals surface area contributed by atoms with Crippen molar-refractivity contribution in [2.45, 2.75) is 31.9 Å². The van der Waals surface area contributed by atoms with Crippen LogP contribution in [-0.2, 0) is 6.54 Å². The molecule has 1 aliphatic rings. The lowest BCUT2D eigenvalue weighted by Gasteiger charge is -2.32. The zero-order chi connectivity index (χ0) is 13.0. The number of phenolic OH excluding ortho intramolecular Hbond substituents is 1. The summed E-state index contributed by atoms with van der Waals surface area (Å²) in [6, 6.07) is 5.75. The summed E-state index contributed by atoms with van der Waals surface area (Å²) < 4.78 is 0. The molecule has 0 saturated carbocycles.